The highest BCUT2D eigenvalue weighted by Crippen LogP contribution is 2.26. The highest BCUT2D eigenvalue weighted by Gasteiger charge is 2.10. The first-order valence-corrected chi connectivity index (χ1v) is 10.3. The lowest BCUT2D eigenvalue weighted by atomic mass is 10.1. The van der Waals surface area contributed by atoms with Crippen LogP contribution in [0.25, 0.3) is 33.1 Å². The summed E-state index contributed by atoms with van der Waals surface area (Å²) in [5.74, 6) is 0.807. The summed E-state index contributed by atoms with van der Waals surface area (Å²) in [4.78, 5) is 18.9. The number of methoxy groups -OCH3 is 1. The molecular weight excluding hydrogens is 378 g/mol. The summed E-state index contributed by atoms with van der Waals surface area (Å²) in [5, 5.41) is 5.44. The van der Waals surface area contributed by atoms with Gasteiger partial charge in [-0.25, -0.2) is 0 Å². The first kappa shape index (κ1) is 20.2. The largest absolute Gasteiger partial charge is 0.492 e. The number of hydrogen-bond donors (Lipinski definition) is 3. The molecule has 0 bridgehead atoms. The van der Waals surface area contributed by atoms with E-state index in [1.54, 1.807) is 7.11 Å². The van der Waals surface area contributed by atoms with Crippen LogP contribution in [0.3, 0.4) is 0 Å². The molecule has 0 fully saturated rings. The Balaban J connectivity index is 1.49. The number of para-hydroxylation sites is 1. The van der Waals surface area contributed by atoms with E-state index in [9.17, 15) is 4.79 Å². The first-order valence-electron chi connectivity index (χ1n) is 10.3. The molecule has 0 saturated carbocycles. The number of H-pyrrole nitrogens is 2. The maximum absolute atomic E-state index is 12.6. The molecule has 1 atom stereocenters. The molecule has 0 aliphatic carbocycles. The van der Waals surface area contributed by atoms with E-state index in [4.69, 9.17) is 9.47 Å². The molecule has 0 spiro atoms. The zero-order valence-corrected chi connectivity index (χ0v) is 17.3. The van der Waals surface area contributed by atoms with Gasteiger partial charge in [-0.15, -0.1) is 0 Å². The van der Waals surface area contributed by atoms with E-state index < -0.39 is 0 Å². The summed E-state index contributed by atoms with van der Waals surface area (Å²) in [6, 6.07) is 18.0. The van der Waals surface area contributed by atoms with Gasteiger partial charge >= 0.3 is 0 Å². The van der Waals surface area contributed by atoms with Gasteiger partial charge in [0, 0.05) is 36.1 Å². The van der Waals surface area contributed by atoms with Gasteiger partial charge in [0.1, 0.15) is 12.4 Å². The fourth-order valence-electron chi connectivity index (χ4n) is 3.65. The SMILES string of the molecule is CCC(COC)NCCOc1ccc2[nH]c(-c3cc4ccccc4[nH]c3=O)cc2c1. The van der Waals surface area contributed by atoms with Crippen LogP contribution in [0.1, 0.15) is 13.3 Å². The van der Waals surface area contributed by atoms with Gasteiger partial charge in [-0.3, -0.25) is 4.79 Å². The normalized spacial score (nSPS) is 12.5. The molecule has 0 amide bonds. The third-order valence-corrected chi connectivity index (χ3v) is 5.30. The third kappa shape index (κ3) is 4.40. The predicted octanol–water partition coefficient (Wildman–Crippen LogP) is 4.07. The number of fused-ring (bicyclic) bond motifs is 2. The number of pyridine rings is 1. The molecule has 4 aromatic rings. The Morgan fingerprint density at radius 3 is 2.67 bits per heavy atom. The van der Waals surface area contributed by atoms with Gasteiger partial charge in [-0.2, -0.15) is 0 Å². The predicted molar refractivity (Wildman–Crippen MR) is 121 cm³/mol. The number of ether oxygens (including phenoxy) is 2. The third-order valence-electron chi connectivity index (χ3n) is 5.30. The molecule has 0 radical (unpaired) electrons. The van der Waals surface area contributed by atoms with Crippen LogP contribution in [0.4, 0.5) is 0 Å². The smallest absolute Gasteiger partial charge is 0.257 e. The minimum atomic E-state index is -0.107. The quantitative estimate of drug-likeness (QED) is 0.367. The summed E-state index contributed by atoms with van der Waals surface area (Å²) in [5.41, 5.74) is 3.11. The fourth-order valence-corrected chi connectivity index (χ4v) is 3.65. The van der Waals surface area contributed by atoms with Crippen molar-refractivity contribution in [1.82, 2.24) is 15.3 Å². The molecule has 6 heteroatoms. The number of benzene rings is 2. The van der Waals surface area contributed by atoms with Crippen molar-refractivity contribution >= 4 is 21.8 Å². The standard InChI is InChI=1S/C24H27N3O3/c1-3-18(15-29-2)25-10-11-30-19-8-9-22-17(12-19)14-23(26-22)20-13-16-6-4-5-7-21(16)27-24(20)28/h4-9,12-14,18,25-26H,3,10-11,15H2,1-2H3,(H,27,28). The van der Waals surface area contributed by atoms with Gasteiger partial charge in [0.05, 0.1) is 17.9 Å². The second-order valence-corrected chi connectivity index (χ2v) is 7.39. The molecule has 2 aromatic heterocycles. The Labute approximate surface area is 175 Å². The fraction of sp³-hybridized carbons (Fsp3) is 0.292. The molecule has 3 N–H and O–H groups in total. The Kier molecular flexibility index (Phi) is 6.16. The Bertz CT molecular complexity index is 1200. The second-order valence-electron chi connectivity index (χ2n) is 7.39. The summed E-state index contributed by atoms with van der Waals surface area (Å²) in [6.07, 6.45) is 1.01. The lowest BCUT2D eigenvalue weighted by molar-refractivity contribution is 0.161. The minimum absolute atomic E-state index is 0.107. The number of rotatable bonds is 9. The maximum Gasteiger partial charge on any atom is 0.257 e. The van der Waals surface area contributed by atoms with Gasteiger partial charge < -0.3 is 24.8 Å². The molecule has 2 heterocycles. The second kappa shape index (κ2) is 9.15. The van der Waals surface area contributed by atoms with Gasteiger partial charge in [-0.05, 0) is 48.2 Å². The van der Waals surface area contributed by atoms with Crippen molar-refractivity contribution in [3.05, 3.63) is 65.0 Å². The van der Waals surface area contributed by atoms with E-state index in [1.807, 2.05) is 54.6 Å². The van der Waals surface area contributed by atoms with E-state index in [-0.39, 0.29) is 5.56 Å². The molecular formula is C24H27N3O3. The van der Waals surface area contributed by atoms with E-state index >= 15 is 0 Å². The zero-order chi connectivity index (χ0) is 20.9. The molecule has 4 rings (SSSR count). The van der Waals surface area contributed by atoms with Crippen molar-refractivity contribution < 1.29 is 9.47 Å². The average Bonchev–Trinajstić information content (AvgIpc) is 3.18. The van der Waals surface area contributed by atoms with Crippen molar-refractivity contribution in [1.29, 1.82) is 0 Å². The van der Waals surface area contributed by atoms with Crippen LogP contribution in [0.5, 0.6) is 5.75 Å². The van der Waals surface area contributed by atoms with Crippen molar-refractivity contribution in [2.45, 2.75) is 19.4 Å². The highest BCUT2D eigenvalue weighted by atomic mass is 16.5. The van der Waals surface area contributed by atoms with Crippen molar-refractivity contribution in [2.75, 3.05) is 26.9 Å². The van der Waals surface area contributed by atoms with Gasteiger partial charge in [-0.1, -0.05) is 25.1 Å². The van der Waals surface area contributed by atoms with Crippen LogP contribution in [0, 0.1) is 0 Å². The monoisotopic (exact) mass is 405 g/mol. The molecule has 0 saturated heterocycles. The van der Waals surface area contributed by atoms with Crippen molar-refractivity contribution in [2.24, 2.45) is 0 Å². The van der Waals surface area contributed by atoms with Crippen molar-refractivity contribution in [3.63, 3.8) is 0 Å². The zero-order valence-electron chi connectivity index (χ0n) is 17.3. The van der Waals surface area contributed by atoms with E-state index in [0.717, 1.165) is 46.2 Å². The summed E-state index contributed by atoms with van der Waals surface area (Å²) >= 11 is 0. The molecule has 6 nitrogen and oxygen atoms in total. The molecule has 156 valence electrons. The first-order chi connectivity index (χ1) is 14.7. The van der Waals surface area contributed by atoms with E-state index in [0.29, 0.717) is 24.8 Å². The Hall–Kier alpha value is -3.09. The number of nitrogens with one attached hydrogen (secondary N) is 3. The lowest BCUT2D eigenvalue weighted by Crippen LogP contribution is -2.35. The van der Waals surface area contributed by atoms with Crippen LogP contribution < -0.4 is 15.6 Å². The lowest BCUT2D eigenvalue weighted by Gasteiger charge is -2.16. The van der Waals surface area contributed by atoms with Crippen LogP contribution in [-0.4, -0.2) is 42.9 Å². The molecule has 2 aromatic carbocycles. The van der Waals surface area contributed by atoms with Gasteiger partial charge in [0.25, 0.3) is 5.56 Å². The van der Waals surface area contributed by atoms with Crippen LogP contribution in [0.2, 0.25) is 0 Å². The summed E-state index contributed by atoms with van der Waals surface area (Å²) < 4.78 is 11.1. The van der Waals surface area contributed by atoms with Crippen LogP contribution in [0.15, 0.2) is 59.4 Å². The minimum Gasteiger partial charge on any atom is -0.492 e. The van der Waals surface area contributed by atoms with Gasteiger partial charge in [0.2, 0.25) is 0 Å². The van der Waals surface area contributed by atoms with E-state index in [1.165, 1.54) is 0 Å². The number of hydrogen-bond acceptors (Lipinski definition) is 4. The topological polar surface area (TPSA) is 79.1 Å². The van der Waals surface area contributed by atoms with Crippen molar-refractivity contribution in [3.8, 4) is 17.0 Å². The summed E-state index contributed by atoms with van der Waals surface area (Å²) in [6.45, 7) is 4.16. The average molecular weight is 405 g/mol. The molecule has 30 heavy (non-hydrogen) atoms. The molecule has 0 aliphatic rings. The highest BCUT2D eigenvalue weighted by molar-refractivity contribution is 5.89. The van der Waals surface area contributed by atoms with Crippen LogP contribution >= 0.6 is 0 Å². The Morgan fingerprint density at radius 1 is 1.00 bits per heavy atom. The molecule has 0 aliphatic heterocycles. The number of aromatic nitrogens is 2. The summed E-state index contributed by atoms with van der Waals surface area (Å²) in [7, 11) is 1.72. The maximum atomic E-state index is 12.6. The van der Waals surface area contributed by atoms with E-state index in [2.05, 4.69) is 22.2 Å². The van der Waals surface area contributed by atoms with Gasteiger partial charge in [0.15, 0.2) is 0 Å². The van der Waals surface area contributed by atoms with Crippen LogP contribution in [-0.2, 0) is 4.74 Å². The molecule has 1 unspecified atom stereocenters. The Morgan fingerprint density at radius 2 is 1.83 bits per heavy atom. The number of aromatic amines is 2.